The lowest BCUT2D eigenvalue weighted by atomic mass is 10.1. The molecule has 0 spiro atoms. The number of aromatic nitrogens is 3. The Morgan fingerprint density at radius 3 is 3.28 bits per heavy atom. The standard InChI is InChI=1S/C12H15N3OS2/c1-2-6-16-9(4-1)8-18-12-13-11(14-15-12)10-5-3-7-17-10/h3,5,7,9H,1-2,4,6,8H2,(H,13,14,15). The number of thiophene rings is 1. The molecule has 1 aliphatic rings. The molecule has 4 nitrogen and oxygen atoms in total. The average Bonchev–Trinajstić information content (AvgIpc) is 3.08. The fourth-order valence-electron chi connectivity index (χ4n) is 1.94. The van der Waals surface area contributed by atoms with E-state index < -0.39 is 0 Å². The molecule has 1 fully saturated rings. The second-order valence-corrected chi connectivity index (χ2v) is 6.18. The fraction of sp³-hybridized carbons (Fsp3) is 0.500. The summed E-state index contributed by atoms with van der Waals surface area (Å²) in [7, 11) is 0. The summed E-state index contributed by atoms with van der Waals surface area (Å²) < 4.78 is 5.69. The molecule has 1 N–H and O–H groups in total. The molecule has 96 valence electrons. The van der Waals surface area contributed by atoms with Crippen LogP contribution in [0.2, 0.25) is 0 Å². The van der Waals surface area contributed by atoms with Crippen LogP contribution in [0.1, 0.15) is 19.3 Å². The summed E-state index contributed by atoms with van der Waals surface area (Å²) in [5.41, 5.74) is 0. The van der Waals surface area contributed by atoms with Gasteiger partial charge in [-0.25, -0.2) is 4.98 Å². The van der Waals surface area contributed by atoms with E-state index in [9.17, 15) is 0 Å². The first-order valence-corrected chi connectivity index (χ1v) is 7.99. The van der Waals surface area contributed by atoms with Crippen molar-refractivity contribution < 1.29 is 4.74 Å². The van der Waals surface area contributed by atoms with E-state index >= 15 is 0 Å². The molecule has 1 unspecified atom stereocenters. The molecule has 0 aromatic carbocycles. The van der Waals surface area contributed by atoms with E-state index in [1.807, 2.05) is 17.5 Å². The van der Waals surface area contributed by atoms with Crippen LogP contribution in [-0.4, -0.2) is 33.6 Å². The van der Waals surface area contributed by atoms with Gasteiger partial charge in [0.1, 0.15) is 0 Å². The molecule has 6 heteroatoms. The first-order chi connectivity index (χ1) is 8.92. The van der Waals surface area contributed by atoms with Crippen LogP contribution in [0.4, 0.5) is 0 Å². The Labute approximate surface area is 114 Å². The lowest BCUT2D eigenvalue weighted by Gasteiger charge is -2.21. The number of nitrogens with one attached hydrogen (secondary N) is 1. The highest BCUT2D eigenvalue weighted by atomic mass is 32.2. The second-order valence-electron chi connectivity index (χ2n) is 4.24. The van der Waals surface area contributed by atoms with Crippen molar-refractivity contribution in [1.29, 1.82) is 0 Å². The smallest absolute Gasteiger partial charge is 0.208 e. The zero-order chi connectivity index (χ0) is 12.2. The lowest BCUT2D eigenvalue weighted by Crippen LogP contribution is -2.21. The molecule has 1 saturated heterocycles. The van der Waals surface area contributed by atoms with E-state index in [0.29, 0.717) is 6.10 Å². The quantitative estimate of drug-likeness (QED) is 0.874. The van der Waals surface area contributed by atoms with Crippen molar-refractivity contribution in [2.24, 2.45) is 0 Å². The van der Waals surface area contributed by atoms with Gasteiger partial charge in [0, 0.05) is 12.4 Å². The molecular formula is C12H15N3OS2. The summed E-state index contributed by atoms with van der Waals surface area (Å²) in [4.78, 5) is 5.62. The van der Waals surface area contributed by atoms with Crippen molar-refractivity contribution in [2.45, 2.75) is 30.5 Å². The maximum Gasteiger partial charge on any atom is 0.208 e. The highest BCUT2D eigenvalue weighted by Crippen LogP contribution is 2.25. The van der Waals surface area contributed by atoms with Crippen LogP contribution in [0.5, 0.6) is 0 Å². The van der Waals surface area contributed by atoms with Crippen molar-refractivity contribution in [2.75, 3.05) is 12.4 Å². The molecule has 3 rings (SSSR count). The Hall–Kier alpha value is -0.850. The Morgan fingerprint density at radius 1 is 1.50 bits per heavy atom. The van der Waals surface area contributed by atoms with Crippen molar-refractivity contribution in [3.8, 4) is 10.7 Å². The Kier molecular flexibility index (Phi) is 3.97. The number of ether oxygens (including phenoxy) is 1. The monoisotopic (exact) mass is 281 g/mol. The number of aromatic amines is 1. The highest BCUT2D eigenvalue weighted by Gasteiger charge is 2.15. The van der Waals surface area contributed by atoms with Crippen LogP contribution in [-0.2, 0) is 4.74 Å². The summed E-state index contributed by atoms with van der Waals surface area (Å²) >= 11 is 3.34. The first-order valence-electron chi connectivity index (χ1n) is 6.12. The van der Waals surface area contributed by atoms with Gasteiger partial charge in [0.2, 0.25) is 5.16 Å². The van der Waals surface area contributed by atoms with E-state index in [2.05, 4.69) is 15.2 Å². The van der Waals surface area contributed by atoms with Gasteiger partial charge in [0.15, 0.2) is 5.82 Å². The largest absolute Gasteiger partial charge is 0.377 e. The van der Waals surface area contributed by atoms with E-state index in [-0.39, 0.29) is 0 Å². The van der Waals surface area contributed by atoms with Gasteiger partial charge in [-0.1, -0.05) is 17.8 Å². The van der Waals surface area contributed by atoms with Crippen LogP contribution in [0.25, 0.3) is 10.7 Å². The van der Waals surface area contributed by atoms with E-state index in [0.717, 1.165) is 34.6 Å². The predicted octanol–water partition coefficient (Wildman–Crippen LogP) is 3.19. The third kappa shape index (κ3) is 2.93. The Morgan fingerprint density at radius 2 is 2.50 bits per heavy atom. The molecule has 0 amide bonds. The van der Waals surface area contributed by atoms with Gasteiger partial charge < -0.3 is 4.74 Å². The van der Waals surface area contributed by atoms with Gasteiger partial charge in [-0.15, -0.1) is 16.4 Å². The number of rotatable bonds is 4. The van der Waals surface area contributed by atoms with E-state index in [1.54, 1.807) is 23.1 Å². The minimum Gasteiger partial charge on any atom is -0.377 e. The molecule has 18 heavy (non-hydrogen) atoms. The molecular weight excluding hydrogens is 266 g/mol. The number of nitrogens with zero attached hydrogens (tertiary/aromatic N) is 2. The molecule has 0 bridgehead atoms. The minimum atomic E-state index is 0.368. The molecule has 0 radical (unpaired) electrons. The van der Waals surface area contributed by atoms with Crippen LogP contribution < -0.4 is 0 Å². The zero-order valence-electron chi connectivity index (χ0n) is 9.96. The van der Waals surface area contributed by atoms with Gasteiger partial charge in [-0.05, 0) is 30.7 Å². The summed E-state index contributed by atoms with van der Waals surface area (Å²) in [6, 6.07) is 4.06. The van der Waals surface area contributed by atoms with Crippen LogP contribution in [0, 0.1) is 0 Å². The predicted molar refractivity (Wildman–Crippen MR) is 74.0 cm³/mol. The van der Waals surface area contributed by atoms with Crippen molar-refractivity contribution >= 4 is 23.1 Å². The lowest BCUT2D eigenvalue weighted by molar-refractivity contribution is 0.0315. The molecule has 1 atom stereocenters. The van der Waals surface area contributed by atoms with Gasteiger partial charge in [0.05, 0.1) is 11.0 Å². The van der Waals surface area contributed by atoms with Crippen LogP contribution in [0.15, 0.2) is 22.7 Å². The van der Waals surface area contributed by atoms with Gasteiger partial charge in [-0.2, -0.15) is 0 Å². The number of H-pyrrole nitrogens is 1. The fourth-order valence-corrected chi connectivity index (χ4v) is 3.47. The molecule has 0 saturated carbocycles. The first kappa shape index (κ1) is 12.2. The Balaban J connectivity index is 1.57. The van der Waals surface area contributed by atoms with Gasteiger partial charge in [-0.3, -0.25) is 5.10 Å². The SMILES string of the molecule is c1csc(-c2nc(SCC3CCCCO3)n[nH]2)c1. The molecule has 0 aliphatic carbocycles. The van der Waals surface area contributed by atoms with Crippen molar-refractivity contribution in [1.82, 2.24) is 15.2 Å². The highest BCUT2D eigenvalue weighted by molar-refractivity contribution is 7.99. The van der Waals surface area contributed by atoms with Crippen molar-refractivity contribution in [3.63, 3.8) is 0 Å². The number of hydrogen-bond acceptors (Lipinski definition) is 5. The third-order valence-corrected chi connectivity index (χ3v) is 4.75. The van der Waals surface area contributed by atoms with Gasteiger partial charge in [0.25, 0.3) is 0 Å². The normalized spacial score (nSPS) is 20.1. The molecule has 2 aromatic rings. The Bertz CT molecular complexity index is 477. The second kappa shape index (κ2) is 5.86. The minimum absolute atomic E-state index is 0.368. The molecule has 2 aromatic heterocycles. The van der Waals surface area contributed by atoms with Crippen LogP contribution >= 0.6 is 23.1 Å². The summed E-state index contributed by atoms with van der Waals surface area (Å²) in [6.45, 7) is 0.902. The molecule has 1 aliphatic heterocycles. The van der Waals surface area contributed by atoms with Crippen molar-refractivity contribution in [3.05, 3.63) is 17.5 Å². The zero-order valence-corrected chi connectivity index (χ0v) is 11.6. The molecule has 3 heterocycles. The maximum atomic E-state index is 5.69. The van der Waals surface area contributed by atoms with Crippen LogP contribution in [0.3, 0.4) is 0 Å². The van der Waals surface area contributed by atoms with E-state index in [1.165, 1.54) is 12.8 Å². The van der Waals surface area contributed by atoms with E-state index in [4.69, 9.17) is 4.74 Å². The third-order valence-electron chi connectivity index (χ3n) is 2.89. The number of thioether (sulfide) groups is 1. The maximum absolute atomic E-state index is 5.69. The number of hydrogen-bond donors (Lipinski definition) is 1. The topological polar surface area (TPSA) is 50.8 Å². The summed E-state index contributed by atoms with van der Waals surface area (Å²) in [5.74, 6) is 1.80. The average molecular weight is 281 g/mol. The summed E-state index contributed by atoms with van der Waals surface area (Å²) in [5, 5.41) is 10.1. The summed E-state index contributed by atoms with van der Waals surface area (Å²) in [6.07, 6.45) is 4.01. The van der Waals surface area contributed by atoms with Gasteiger partial charge >= 0.3 is 0 Å².